The number of amides is 8. The Bertz CT molecular complexity index is 5690. The molecule has 15 aromatic carbocycles. The molecule has 4 aliphatic heterocycles. The smallest absolute Gasteiger partial charge is 0.266 e. The molecule has 8 amide bonds. The lowest BCUT2D eigenvalue weighted by atomic mass is 9.88. The monoisotopic (exact) mass is 1310 g/mol. The van der Waals surface area contributed by atoms with Crippen molar-refractivity contribution in [1.29, 1.82) is 0 Å². The molecule has 0 spiro atoms. The first kappa shape index (κ1) is 60.8. The van der Waals surface area contributed by atoms with Crippen LogP contribution >= 0.6 is 0 Å². The number of carbonyl (C=O) groups excluding carboxylic acids is 8. The van der Waals surface area contributed by atoms with Gasteiger partial charge in [-0.3, -0.25) is 38.4 Å². The predicted octanol–water partition coefficient (Wildman–Crippen LogP) is 19.6. The number of anilines is 4. The van der Waals surface area contributed by atoms with Crippen LogP contribution in [0.3, 0.4) is 0 Å². The van der Waals surface area contributed by atoms with Gasteiger partial charge in [-0.2, -0.15) is 0 Å². The molecule has 0 saturated carbocycles. The Morgan fingerprint density at radius 2 is 0.356 bits per heavy atom. The van der Waals surface area contributed by atoms with Crippen LogP contribution in [-0.2, 0) is 0 Å². The topological polar surface area (TPSA) is 150 Å². The third kappa shape index (κ3) is 9.30. The summed E-state index contributed by atoms with van der Waals surface area (Å²) in [6, 6.07) is 93.4. The van der Waals surface area contributed by atoms with Crippen LogP contribution in [-0.4, -0.2) is 47.3 Å². The lowest BCUT2D eigenvalue weighted by Gasteiger charge is -2.31. The lowest BCUT2D eigenvalue weighted by Crippen LogP contribution is -2.41. The Labute approximate surface area is 578 Å². The third-order valence-corrected chi connectivity index (χ3v) is 19.7. The van der Waals surface area contributed by atoms with E-state index in [-0.39, 0.29) is 7.43 Å². The number of hydrogen-bond donors (Lipinski definition) is 0. The van der Waals surface area contributed by atoms with Crippen molar-refractivity contribution in [3.05, 3.63) is 348 Å². The largest absolute Gasteiger partial charge is 0.268 e. The van der Waals surface area contributed by atoms with Gasteiger partial charge in [0.2, 0.25) is 0 Å². The molecule has 0 unspecified atom stereocenters. The molecule has 0 N–H and O–H groups in total. The first-order chi connectivity index (χ1) is 49.0. The second kappa shape index (κ2) is 23.8. The van der Waals surface area contributed by atoms with Crippen molar-refractivity contribution in [1.82, 2.24) is 0 Å². The summed E-state index contributed by atoms with van der Waals surface area (Å²) < 4.78 is 0. The summed E-state index contributed by atoms with van der Waals surface area (Å²) >= 11 is 0. The van der Waals surface area contributed by atoms with Crippen LogP contribution in [0.15, 0.2) is 303 Å². The second-order valence-electron chi connectivity index (χ2n) is 25.0. The van der Waals surface area contributed by atoms with Crippen molar-refractivity contribution in [3.63, 3.8) is 0 Å². The molecule has 0 fully saturated rings. The standard InChI is InChI=1S/C46H26N2O4.C42H24N2O4.CH4/c49-43-35-19-9-17-33-29(27-11-3-1-4-12-27)21-23-37(41(33)35)45(51)47(43)39-25-26-40(32-16-8-7-15-31(32)39)48-44(50)36-20-10-18-34-30(28-13-5-2-6-14-28)22-24-38(42(34)36)46(48)52;45-39-33-15-7-13-31-29(25-9-3-1-4-10-25)21-23-35(37(31)33)41(47)43(39)27-17-19-28(20-18-27)44-40(46)34-16-8-14-32-30(26-11-5-2-6-12-26)22-24-36(38(32)34)42(44)48;/h1-26H;1-24H;1H4. The highest BCUT2D eigenvalue weighted by Crippen LogP contribution is 2.46. The van der Waals surface area contributed by atoms with Crippen LogP contribution in [0, 0.1) is 0 Å². The van der Waals surface area contributed by atoms with Gasteiger partial charge in [0, 0.05) is 76.8 Å². The van der Waals surface area contributed by atoms with Crippen LogP contribution in [0.25, 0.3) is 98.4 Å². The number of nitrogens with zero attached hydrogens (tertiary/aromatic N) is 4. The van der Waals surface area contributed by atoms with Crippen molar-refractivity contribution in [2.45, 2.75) is 7.43 Å². The summed E-state index contributed by atoms with van der Waals surface area (Å²) in [5.41, 5.74) is 12.6. The van der Waals surface area contributed by atoms with Gasteiger partial charge in [0.15, 0.2) is 0 Å². The Balaban J connectivity index is 0.000000150. The van der Waals surface area contributed by atoms with Gasteiger partial charge in [-0.25, -0.2) is 19.6 Å². The zero-order chi connectivity index (χ0) is 67.6. The minimum absolute atomic E-state index is 0. The van der Waals surface area contributed by atoms with E-state index in [0.29, 0.717) is 99.6 Å². The molecule has 4 heterocycles. The molecule has 12 nitrogen and oxygen atoms in total. The van der Waals surface area contributed by atoms with Crippen LogP contribution < -0.4 is 19.6 Å². The van der Waals surface area contributed by atoms with E-state index in [2.05, 4.69) is 0 Å². The summed E-state index contributed by atoms with van der Waals surface area (Å²) in [4.78, 5) is 118. The van der Waals surface area contributed by atoms with E-state index < -0.39 is 47.3 Å². The number of benzene rings is 15. The van der Waals surface area contributed by atoms with Gasteiger partial charge in [0.1, 0.15) is 0 Å². The van der Waals surface area contributed by atoms with Gasteiger partial charge in [-0.15, -0.1) is 0 Å². The van der Waals surface area contributed by atoms with Crippen LogP contribution in [0.5, 0.6) is 0 Å². The number of hydrogen-bond acceptors (Lipinski definition) is 8. The number of rotatable bonds is 8. The van der Waals surface area contributed by atoms with Crippen molar-refractivity contribution in [2.75, 3.05) is 19.6 Å². The summed E-state index contributed by atoms with van der Waals surface area (Å²) in [7, 11) is 0. The van der Waals surface area contributed by atoms with Gasteiger partial charge in [0.25, 0.3) is 47.3 Å². The molecular weight excluding hydrogens is 1250 g/mol. The SMILES string of the molecule is C.O=C1c2cccc3c(-c4ccccc4)ccc(c23)C(=O)N1c1ccc(N2C(=O)c3cccc4c(-c5ccccc5)ccc(c34)C2=O)c2ccccc12.O=C1c2cccc3c(-c4ccccc4)ccc(c23)C(=O)N1c1ccc(N2C(=O)c3cccc4c(-c5ccccc5)ccc(c34)C2=O)cc1. The summed E-state index contributed by atoms with van der Waals surface area (Å²) in [5, 5.41) is 6.97. The molecule has 478 valence electrons. The van der Waals surface area contributed by atoms with Crippen LogP contribution in [0.1, 0.15) is 90.3 Å². The van der Waals surface area contributed by atoms with Gasteiger partial charge < -0.3 is 0 Å². The molecule has 0 saturated heterocycles. The zero-order valence-corrected chi connectivity index (χ0v) is 52.9. The number of carbonyl (C=O) groups is 8. The van der Waals surface area contributed by atoms with E-state index in [9.17, 15) is 38.4 Å². The molecule has 0 radical (unpaired) electrons. The Morgan fingerprint density at radius 3 is 0.604 bits per heavy atom. The second-order valence-corrected chi connectivity index (χ2v) is 25.0. The minimum Gasteiger partial charge on any atom is -0.268 e. The van der Waals surface area contributed by atoms with E-state index in [0.717, 1.165) is 75.9 Å². The molecule has 4 aliphatic rings. The molecule has 12 heteroatoms. The normalized spacial score (nSPS) is 13.7. The Morgan fingerprint density at radius 1 is 0.158 bits per heavy atom. The number of imide groups is 4. The van der Waals surface area contributed by atoms with Gasteiger partial charge in [-0.05, 0) is 151 Å². The van der Waals surface area contributed by atoms with E-state index in [1.807, 2.05) is 218 Å². The molecule has 0 aliphatic carbocycles. The first-order valence-corrected chi connectivity index (χ1v) is 32.6. The quantitative estimate of drug-likeness (QED) is 0.137. The van der Waals surface area contributed by atoms with Crippen LogP contribution in [0.4, 0.5) is 22.7 Å². The zero-order valence-electron chi connectivity index (χ0n) is 52.9. The fourth-order valence-corrected chi connectivity index (χ4v) is 15.2. The molecule has 0 aromatic heterocycles. The third-order valence-electron chi connectivity index (χ3n) is 19.7. The summed E-state index contributed by atoms with van der Waals surface area (Å²) in [5.74, 6) is -3.49. The molecule has 0 atom stereocenters. The highest BCUT2D eigenvalue weighted by Gasteiger charge is 2.41. The molecule has 19 rings (SSSR count). The maximum absolute atomic E-state index is 14.4. The maximum atomic E-state index is 14.4. The van der Waals surface area contributed by atoms with E-state index in [1.54, 1.807) is 84.9 Å². The van der Waals surface area contributed by atoms with E-state index in [4.69, 9.17) is 0 Å². The molecular formula is C89H54N4O8. The predicted molar refractivity (Wildman–Crippen MR) is 399 cm³/mol. The fraction of sp³-hybridized carbons (Fsp3) is 0.0112. The van der Waals surface area contributed by atoms with Crippen molar-refractivity contribution in [3.8, 4) is 44.5 Å². The minimum atomic E-state index is -0.439. The van der Waals surface area contributed by atoms with Gasteiger partial charge in [0.05, 0.1) is 22.7 Å². The Hall–Kier alpha value is -13.8. The Kier molecular flexibility index (Phi) is 14.3. The van der Waals surface area contributed by atoms with Crippen molar-refractivity contribution in [2.24, 2.45) is 0 Å². The maximum Gasteiger partial charge on any atom is 0.266 e. The van der Waals surface area contributed by atoms with E-state index in [1.165, 1.54) is 9.80 Å². The lowest BCUT2D eigenvalue weighted by molar-refractivity contribution is 0.0876. The van der Waals surface area contributed by atoms with Crippen molar-refractivity contribution < 1.29 is 38.4 Å². The van der Waals surface area contributed by atoms with E-state index >= 15 is 0 Å². The number of fused-ring (bicyclic) bond motifs is 1. The molecule has 0 bridgehead atoms. The average molecular weight is 1310 g/mol. The fourth-order valence-electron chi connectivity index (χ4n) is 15.2. The highest BCUT2D eigenvalue weighted by atomic mass is 16.2. The van der Waals surface area contributed by atoms with Gasteiger partial charge >= 0.3 is 0 Å². The summed E-state index contributed by atoms with van der Waals surface area (Å²) in [6.07, 6.45) is 0. The summed E-state index contributed by atoms with van der Waals surface area (Å²) in [6.45, 7) is 0. The molecule has 15 aromatic rings. The van der Waals surface area contributed by atoms with Crippen molar-refractivity contribution >= 4 is 124 Å². The highest BCUT2D eigenvalue weighted by molar-refractivity contribution is 6.42. The first-order valence-electron chi connectivity index (χ1n) is 32.6. The van der Waals surface area contributed by atoms with Crippen LogP contribution in [0.2, 0.25) is 0 Å². The van der Waals surface area contributed by atoms with Gasteiger partial charge in [-0.1, -0.05) is 226 Å². The molecule has 101 heavy (non-hydrogen) atoms. The average Bonchev–Trinajstić information content (AvgIpc) is 0.736.